The fraction of sp³-hybridized carbons (Fsp3) is 0.583. The van der Waals surface area contributed by atoms with Crippen LogP contribution in [-0.2, 0) is 18.6 Å². The fourth-order valence-corrected chi connectivity index (χ4v) is 4.74. The molecule has 0 saturated heterocycles. The van der Waals surface area contributed by atoms with Crippen molar-refractivity contribution in [3.05, 3.63) is 51.6 Å². The molecule has 4 rings (SSSR count). The molecule has 31 heavy (non-hydrogen) atoms. The highest BCUT2D eigenvalue weighted by atomic mass is 16.1. The molecule has 0 bridgehead atoms. The molecule has 7 nitrogen and oxygen atoms in total. The molecule has 7 heteroatoms. The van der Waals surface area contributed by atoms with E-state index in [1.54, 1.807) is 0 Å². The summed E-state index contributed by atoms with van der Waals surface area (Å²) in [5, 5.41) is 13.8. The molecule has 3 aromatic rings. The largest absolute Gasteiger partial charge is 0.322 e. The predicted octanol–water partition coefficient (Wildman–Crippen LogP) is 2.89. The SMILES string of the molecule is CCC(C)(C)n1nnnc1C[NH+](Cc1cc2ccc(C)cc2[nH]c1=O)C1CCCCC1. The molecule has 0 amide bonds. The third kappa shape index (κ3) is 4.71. The van der Waals surface area contributed by atoms with Crippen molar-refractivity contribution in [1.29, 1.82) is 0 Å². The Labute approximate surface area is 183 Å². The van der Waals surface area contributed by atoms with Crippen molar-refractivity contribution in [2.75, 3.05) is 0 Å². The monoisotopic (exact) mass is 423 g/mol. The van der Waals surface area contributed by atoms with Crippen molar-refractivity contribution in [2.45, 2.75) is 90.9 Å². The highest BCUT2D eigenvalue weighted by Crippen LogP contribution is 2.20. The number of fused-ring (bicyclic) bond motifs is 1. The molecule has 1 fully saturated rings. The number of hydrogen-bond acceptors (Lipinski definition) is 4. The van der Waals surface area contributed by atoms with Gasteiger partial charge in [0.1, 0.15) is 13.1 Å². The number of quaternary nitrogens is 1. The Morgan fingerprint density at radius 1 is 1.16 bits per heavy atom. The van der Waals surface area contributed by atoms with E-state index in [4.69, 9.17) is 0 Å². The first-order valence-corrected chi connectivity index (χ1v) is 11.6. The smallest absolute Gasteiger partial charge is 0.257 e. The number of nitrogens with zero attached hydrogens (tertiary/aromatic N) is 4. The zero-order valence-electron chi connectivity index (χ0n) is 19.2. The average Bonchev–Trinajstić information content (AvgIpc) is 3.23. The number of benzene rings is 1. The number of rotatable bonds is 7. The summed E-state index contributed by atoms with van der Waals surface area (Å²) < 4.78 is 1.98. The van der Waals surface area contributed by atoms with E-state index in [9.17, 15) is 4.79 Å². The van der Waals surface area contributed by atoms with Gasteiger partial charge in [-0.1, -0.05) is 25.5 Å². The maximum Gasteiger partial charge on any atom is 0.257 e. The zero-order valence-corrected chi connectivity index (χ0v) is 19.2. The summed E-state index contributed by atoms with van der Waals surface area (Å²) in [6.45, 7) is 9.96. The number of aromatic amines is 1. The van der Waals surface area contributed by atoms with Gasteiger partial charge in [-0.25, -0.2) is 4.68 Å². The Bertz CT molecular complexity index is 1090. The minimum absolute atomic E-state index is 0.0138. The highest BCUT2D eigenvalue weighted by Gasteiger charge is 2.30. The maximum absolute atomic E-state index is 12.9. The maximum atomic E-state index is 12.9. The van der Waals surface area contributed by atoms with Crippen LogP contribution in [0.2, 0.25) is 0 Å². The van der Waals surface area contributed by atoms with Crippen LogP contribution in [0, 0.1) is 6.92 Å². The zero-order chi connectivity index (χ0) is 22.0. The van der Waals surface area contributed by atoms with E-state index in [1.165, 1.54) is 37.0 Å². The number of tetrazole rings is 1. The van der Waals surface area contributed by atoms with Crippen molar-refractivity contribution < 1.29 is 4.90 Å². The van der Waals surface area contributed by atoms with E-state index in [2.05, 4.69) is 59.5 Å². The Balaban J connectivity index is 1.66. The summed E-state index contributed by atoms with van der Waals surface area (Å²) in [6, 6.07) is 8.81. The Morgan fingerprint density at radius 2 is 1.94 bits per heavy atom. The molecule has 1 unspecified atom stereocenters. The van der Waals surface area contributed by atoms with Crippen LogP contribution in [0.3, 0.4) is 0 Å². The molecular formula is C24H35N6O+. The molecule has 0 aliphatic heterocycles. The third-order valence-corrected chi connectivity index (χ3v) is 7.04. The number of hydrogen-bond donors (Lipinski definition) is 2. The number of aromatic nitrogens is 5. The molecular weight excluding hydrogens is 388 g/mol. The summed E-state index contributed by atoms with van der Waals surface area (Å²) in [4.78, 5) is 17.4. The molecule has 0 radical (unpaired) electrons. The van der Waals surface area contributed by atoms with Crippen molar-refractivity contribution in [2.24, 2.45) is 0 Å². The van der Waals surface area contributed by atoms with Gasteiger partial charge < -0.3 is 9.88 Å². The first kappa shape index (κ1) is 21.7. The van der Waals surface area contributed by atoms with Gasteiger partial charge in [0.2, 0.25) is 5.82 Å². The van der Waals surface area contributed by atoms with E-state index >= 15 is 0 Å². The molecule has 166 valence electrons. The highest BCUT2D eigenvalue weighted by molar-refractivity contribution is 5.79. The molecule has 0 spiro atoms. The Hall–Kier alpha value is -2.54. The van der Waals surface area contributed by atoms with Gasteiger partial charge in [-0.05, 0) is 86.4 Å². The molecule has 1 aliphatic carbocycles. The van der Waals surface area contributed by atoms with Crippen molar-refractivity contribution in [3.8, 4) is 0 Å². The number of pyridine rings is 1. The second-order valence-corrected chi connectivity index (χ2v) is 9.73. The lowest BCUT2D eigenvalue weighted by atomic mass is 9.93. The van der Waals surface area contributed by atoms with E-state index in [0.29, 0.717) is 12.6 Å². The van der Waals surface area contributed by atoms with Crippen molar-refractivity contribution in [3.63, 3.8) is 0 Å². The summed E-state index contributed by atoms with van der Waals surface area (Å²) in [7, 11) is 0. The van der Waals surface area contributed by atoms with Gasteiger partial charge in [0, 0.05) is 5.52 Å². The van der Waals surface area contributed by atoms with Gasteiger partial charge in [-0.15, -0.1) is 5.10 Å². The van der Waals surface area contributed by atoms with Gasteiger partial charge in [-0.2, -0.15) is 0 Å². The van der Waals surface area contributed by atoms with Crippen LogP contribution in [-0.4, -0.2) is 31.2 Å². The molecule has 2 N–H and O–H groups in total. The van der Waals surface area contributed by atoms with Crippen LogP contribution in [0.4, 0.5) is 0 Å². The average molecular weight is 424 g/mol. The summed E-state index contributed by atoms with van der Waals surface area (Å²) in [6.07, 6.45) is 7.16. The molecule has 2 aromatic heterocycles. The van der Waals surface area contributed by atoms with Gasteiger partial charge in [0.15, 0.2) is 0 Å². The standard InChI is InChI=1S/C24H34N6O/c1-5-24(3,4)30-22(26-27-28-30)16-29(20-9-7-6-8-10-20)15-19-14-18-12-11-17(2)13-21(18)25-23(19)31/h11-14,20H,5-10,15-16H2,1-4H3,(H,25,31)/p+1. The lowest BCUT2D eigenvalue weighted by Gasteiger charge is -2.32. The second kappa shape index (κ2) is 8.91. The molecule has 1 saturated carbocycles. The van der Waals surface area contributed by atoms with Crippen molar-refractivity contribution >= 4 is 10.9 Å². The lowest BCUT2D eigenvalue weighted by molar-refractivity contribution is -0.954. The first-order valence-electron chi connectivity index (χ1n) is 11.6. The van der Waals surface area contributed by atoms with Crippen LogP contribution < -0.4 is 10.5 Å². The van der Waals surface area contributed by atoms with E-state index < -0.39 is 0 Å². The van der Waals surface area contributed by atoms with E-state index in [0.717, 1.165) is 40.8 Å². The molecule has 1 atom stereocenters. The summed E-state index contributed by atoms with van der Waals surface area (Å²) >= 11 is 0. The predicted molar refractivity (Wildman–Crippen MR) is 122 cm³/mol. The number of H-pyrrole nitrogens is 1. The first-order chi connectivity index (χ1) is 14.9. The molecule has 1 aromatic carbocycles. The van der Waals surface area contributed by atoms with Gasteiger partial charge in [0.25, 0.3) is 5.56 Å². The van der Waals surface area contributed by atoms with Gasteiger partial charge in [-0.3, -0.25) is 4.79 Å². The third-order valence-electron chi connectivity index (χ3n) is 7.04. The Morgan fingerprint density at radius 3 is 2.68 bits per heavy atom. The lowest BCUT2D eigenvalue weighted by Crippen LogP contribution is -3.13. The van der Waals surface area contributed by atoms with E-state index in [1.807, 2.05) is 17.7 Å². The molecule has 2 heterocycles. The topological polar surface area (TPSA) is 80.9 Å². The van der Waals surface area contributed by atoms with Gasteiger partial charge in [0.05, 0.1) is 17.1 Å². The van der Waals surface area contributed by atoms with Gasteiger partial charge >= 0.3 is 0 Å². The quantitative estimate of drug-likeness (QED) is 0.612. The number of aryl methyl sites for hydroxylation is 1. The van der Waals surface area contributed by atoms with Crippen molar-refractivity contribution in [1.82, 2.24) is 25.2 Å². The molecule has 1 aliphatic rings. The fourth-order valence-electron chi connectivity index (χ4n) is 4.74. The summed E-state index contributed by atoms with van der Waals surface area (Å²) in [5.74, 6) is 0.903. The van der Waals surface area contributed by atoms with Crippen LogP contribution in [0.15, 0.2) is 29.1 Å². The van der Waals surface area contributed by atoms with E-state index in [-0.39, 0.29) is 11.1 Å². The van der Waals surface area contributed by atoms with Crippen LogP contribution >= 0.6 is 0 Å². The Kier molecular flexibility index (Phi) is 6.23. The number of nitrogens with one attached hydrogen (secondary N) is 2. The minimum Gasteiger partial charge on any atom is -0.322 e. The van der Waals surface area contributed by atoms with Crippen LogP contribution in [0.5, 0.6) is 0 Å². The van der Waals surface area contributed by atoms with Crippen LogP contribution in [0.1, 0.15) is 76.2 Å². The summed E-state index contributed by atoms with van der Waals surface area (Å²) in [5.41, 5.74) is 2.78. The second-order valence-electron chi connectivity index (χ2n) is 9.73. The normalized spacial score (nSPS) is 16.6. The van der Waals surface area contributed by atoms with Crippen LogP contribution in [0.25, 0.3) is 10.9 Å². The minimum atomic E-state index is -0.130.